The highest BCUT2D eigenvalue weighted by molar-refractivity contribution is 7.19. The van der Waals surface area contributed by atoms with Gasteiger partial charge in [0.05, 0.1) is 10.2 Å². The van der Waals surface area contributed by atoms with E-state index in [1.54, 1.807) is 11.3 Å². The number of hydrogen-bond acceptors (Lipinski definition) is 4. The summed E-state index contributed by atoms with van der Waals surface area (Å²) in [5.74, 6) is 6.53. The molecule has 0 N–H and O–H groups in total. The van der Waals surface area contributed by atoms with E-state index in [2.05, 4.69) is 88.4 Å². The van der Waals surface area contributed by atoms with E-state index in [1.807, 2.05) is 40.3 Å². The highest BCUT2D eigenvalue weighted by Gasteiger charge is 2.02. The minimum atomic E-state index is 0.996. The van der Waals surface area contributed by atoms with Crippen molar-refractivity contribution in [3.8, 4) is 11.8 Å². The van der Waals surface area contributed by atoms with Gasteiger partial charge in [-0.05, 0) is 66.2 Å². The average molecular weight is 424 g/mol. The van der Waals surface area contributed by atoms with Gasteiger partial charge in [0.1, 0.15) is 5.01 Å². The van der Waals surface area contributed by atoms with E-state index in [9.17, 15) is 0 Å². The molecule has 0 aliphatic rings. The van der Waals surface area contributed by atoms with Crippen LogP contribution in [0.15, 0.2) is 66.7 Å². The standard InChI is InChI=1S/C27H25N3S/c1-29(2)23-13-7-20(8-14-23)5-6-22-11-17-25-26(19-22)31-27(28-25)18-12-21-9-15-24(16-10-21)30(3)4/h7-19H,1-4H3/b18-12+. The molecule has 0 aliphatic heterocycles. The number of anilines is 2. The van der Waals surface area contributed by atoms with Crippen LogP contribution in [0.2, 0.25) is 0 Å². The Bertz CT molecular complexity index is 1270. The third-order valence-electron chi connectivity index (χ3n) is 4.97. The molecule has 0 amide bonds. The molecule has 154 valence electrons. The molecule has 4 aromatic rings. The predicted molar refractivity (Wildman–Crippen MR) is 136 cm³/mol. The van der Waals surface area contributed by atoms with Crippen LogP contribution in [0.3, 0.4) is 0 Å². The smallest absolute Gasteiger partial charge is 0.117 e. The number of aromatic nitrogens is 1. The van der Waals surface area contributed by atoms with E-state index >= 15 is 0 Å². The van der Waals surface area contributed by atoms with Crippen molar-refractivity contribution in [2.75, 3.05) is 38.0 Å². The summed E-state index contributed by atoms with van der Waals surface area (Å²) in [5, 5.41) is 0.996. The molecular weight excluding hydrogens is 398 g/mol. The number of rotatable bonds is 4. The van der Waals surface area contributed by atoms with E-state index in [-0.39, 0.29) is 0 Å². The van der Waals surface area contributed by atoms with Crippen LogP contribution in [0.5, 0.6) is 0 Å². The lowest BCUT2D eigenvalue weighted by Crippen LogP contribution is -2.07. The Morgan fingerprint density at radius 2 is 1.29 bits per heavy atom. The van der Waals surface area contributed by atoms with Crippen molar-refractivity contribution >= 4 is 45.1 Å². The maximum atomic E-state index is 4.73. The summed E-state index contributed by atoms with van der Waals surface area (Å²) in [4.78, 5) is 8.91. The molecule has 0 radical (unpaired) electrons. The van der Waals surface area contributed by atoms with Gasteiger partial charge in [0.15, 0.2) is 0 Å². The van der Waals surface area contributed by atoms with Gasteiger partial charge in [-0.2, -0.15) is 0 Å². The summed E-state index contributed by atoms with van der Waals surface area (Å²) in [7, 11) is 8.17. The molecule has 0 saturated carbocycles. The van der Waals surface area contributed by atoms with Crippen molar-refractivity contribution in [3.05, 3.63) is 88.4 Å². The largest absolute Gasteiger partial charge is 0.378 e. The zero-order chi connectivity index (χ0) is 21.8. The Hall–Kier alpha value is -3.55. The van der Waals surface area contributed by atoms with Crippen molar-refractivity contribution in [2.24, 2.45) is 0 Å². The Labute approximate surface area is 188 Å². The first-order valence-electron chi connectivity index (χ1n) is 10.1. The van der Waals surface area contributed by atoms with Gasteiger partial charge in [0, 0.05) is 50.7 Å². The van der Waals surface area contributed by atoms with Crippen LogP contribution in [0.4, 0.5) is 11.4 Å². The first kappa shape index (κ1) is 20.7. The van der Waals surface area contributed by atoms with Crippen molar-refractivity contribution < 1.29 is 0 Å². The highest BCUT2D eigenvalue weighted by Crippen LogP contribution is 2.25. The van der Waals surface area contributed by atoms with Gasteiger partial charge in [0.25, 0.3) is 0 Å². The van der Waals surface area contributed by atoms with Crippen LogP contribution in [0, 0.1) is 11.8 Å². The topological polar surface area (TPSA) is 19.4 Å². The van der Waals surface area contributed by atoms with E-state index in [4.69, 9.17) is 4.98 Å². The average Bonchev–Trinajstić information content (AvgIpc) is 3.19. The third-order valence-corrected chi connectivity index (χ3v) is 5.95. The molecule has 0 atom stereocenters. The second kappa shape index (κ2) is 9.07. The molecule has 0 bridgehead atoms. The summed E-state index contributed by atoms with van der Waals surface area (Å²) < 4.78 is 1.15. The summed E-state index contributed by atoms with van der Waals surface area (Å²) in [6.07, 6.45) is 4.18. The summed E-state index contributed by atoms with van der Waals surface area (Å²) in [5.41, 5.74) is 6.55. The molecule has 0 aliphatic carbocycles. The Balaban J connectivity index is 1.50. The predicted octanol–water partition coefficient (Wildman–Crippen LogP) is 6.00. The summed E-state index contributed by atoms with van der Waals surface area (Å²) >= 11 is 1.69. The minimum absolute atomic E-state index is 0.996. The fourth-order valence-corrected chi connectivity index (χ4v) is 4.04. The van der Waals surface area contributed by atoms with Crippen LogP contribution >= 0.6 is 11.3 Å². The van der Waals surface area contributed by atoms with Gasteiger partial charge in [-0.15, -0.1) is 11.3 Å². The number of hydrogen-bond donors (Lipinski definition) is 0. The van der Waals surface area contributed by atoms with E-state index in [1.165, 1.54) is 11.4 Å². The minimum Gasteiger partial charge on any atom is -0.378 e. The molecule has 3 nitrogen and oxygen atoms in total. The van der Waals surface area contributed by atoms with E-state index in [0.717, 1.165) is 31.9 Å². The number of thiazole rings is 1. The van der Waals surface area contributed by atoms with Crippen LogP contribution in [-0.2, 0) is 0 Å². The first-order valence-corrected chi connectivity index (χ1v) is 10.9. The fraction of sp³-hybridized carbons (Fsp3) is 0.148. The number of nitrogens with zero attached hydrogens (tertiary/aromatic N) is 3. The van der Waals surface area contributed by atoms with Crippen LogP contribution in [0.1, 0.15) is 21.7 Å². The van der Waals surface area contributed by atoms with Gasteiger partial charge >= 0.3 is 0 Å². The lowest BCUT2D eigenvalue weighted by Gasteiger charge is -2.11. The molecular formula is C27H25N3S. The maximum Gasteiger partial charge on any atom is 0.117 e. The quantitative estimate of drug-likeness (QED) is 0.375. The molecule has 1 aromatic heterocycles. The molecule has 0 unspecified atom stereocenters. The zero-order valence-electron chi connectivity index (χ0n) is 18.3. The van der Waals surface area contributed by atoms with Crippen molar-refractivity contribution in [2.45, 2.75) is 0 Å². The van der Waals surface area contributed by atoms with Gasteiger partial charge in [-0.1, -0.05) is 30.0 Å². The molecule has 0 fully saturated rings. The van der Waals surface area contributed by atoms with Gasteiger partial charge in [-0.25, -0.2) is 4.98 Å². The SMILES string of the molecule is CN(C)c1ccc(C#Cc2ccc3nc(/C=C/c4ccc(N(C)C)cc4)sc3c2)cc1. The Morgan fingerprint density at radius 3 is 1.94 bits per heavy atom. The number of benzene rings is 3. The first-order chi connectivity index (χ1) is 15.0. The zero-order valence-corrected chi connectivity index (χ0v) is 19.1. The Morgan fingerprint density at radius 1 is 0.710 bits per heavy atom. The van der Waals surface area contributed by atoms with Crippen molar-refractivity contribution in [1.82, 2.24) is 4.98 Å². The fourth-order valence-electron chi connectivity index (χ4n) is 3.13. The second-order valence-corrected chi connectivity index (χ2v) is 8.81. The van der Waals surface area contributed by atoms with Crippen LogP contribution < -0.4 is 9.80 Å². The van der Waals surface area contributed by atoms with E-state index < -0.39 is 0 Å². The molecule has 0 saturated heterocycles. The molecule has 4 rings (SSSR count). The summed E-state index contributed by atoms with van der Waals surface area (Å²) in [6.45, 7) is 0. The van der Waals surface area contributed by atoms with Gasteiger partial charge in [0.2, 0.25) is 0 Å². The van der Waals surface area contributed by atoms with Crippen molar-refractivity contribution in [1.29, 1.82) is 0 Å². The molecule has 4 heteroatoms. The van der Waals surface area contributed by atoms with Crippen LogP contribution in [-0.4, -0.2) is 33.2 Å². The number of fused-ring (bicyclic) bond motifs is 1. The molecule has 1 heterocycles. The molecule has 3 aromatic carbocycles. The van der Waals surface area contributed by atoms with Crippen molar-refractivity contribution in [3.63, 3.8) is 0 Å². The molecule has 0 spiro atoms. The van der Waals surface area contributed by atoms with Crippen LogP contribution in [0.25, 0.3) is 22.4 Å². The van der Waals surface area contributed by atoms with Gasteiger partial charge in [-0.3, -0.25) is 0 Å². The Kier molecular flexibility index (Phi) is 6.06. The maximum absolute atomic E-state index is 4.73. The second-order valence-electron chi connectivity index (χ2n) is 7.75. The lowest BCUT2D eigenvalue weighted by molar-refractivity contribution is 1.13. The van der Waals surface area contributed by atoms with E-state index in [0.29, 0.717) is 0 Å². The third kappa shape index (κ3) is 5.14. The van der Waals surface area contributed by atoms with Gasteiger partial charge < -0.3 is 9.80 Å². The monoisotopic (exact) mass is 423 g/mol. The normalized spacial score (nSPS) is 10.8. The molecule has 31 heavy (non-hydrogen) atoms. The highest BCUT2D eigenvalue weighted by atomic mass is 32.1. The summed E-state index contributed by atoms with van der Waals surface area (Å²) in [6, 6.07) is 23.0. The lowest BCUT2D eigenvalue weighted by atomic mass is 10.1.